The van der Waals surface area contributed by atoms with Crippen LogP contribution in [0.25, 0.3) is 0 Å². The van der Waals surface area contributed by atoms with Crippen LogP contribution in [0.1, 0.15) is 312 Å². The fourth-order valence-corrected chi connectivity index (χ4v) is 43.1. The molecule has 0 saturated carbocycles. The quantitative estimate of drug-likeness (QED) is 0.0551. The van der Waals surface area contributed by atoms with Crippen LogP contribution < -0.4 is 15.6 Å². The van der Waals surface area contributed by atoms with Crippen LogP contribution in [0.3, 0.4) is 0 Å². The number of rotatable bonds is 18. The van der Waals surface area contributed by atoms with Gasteiger partial charge in [0, 0.05) is 8.07 Å². The first-order valence-electron chi connectivity index (χ1n) is 46.7. The van der Waals surface area contributed by atoms with Gasteiger partial charge in [-0.15, -0.1) is 0 Å². The van der Waals surface area contributed by atoms with Gasteiger partial charge in [-0.25, -0.2) is 0 Å². The van der Waals surface area contributed by atoms with E-state index in [0.29, 0.717) is 43.9 Å². The Morgan fingerprint density at radius 2 is 0.415 bits per heavy atom. The van der Waals surface area contributed by atoms with Gasteiger partial charge in [-0.1, -0.05) is 454 Å². The summed E-state index contributed by atoms with van der Waals surface area (Å²) >= 11 is 0. The monoisotopic (exact) mass is 1760 g/mol. The second kappa shape index (κ2) is 40.7. The van der Waals surface area contributed by atoms with Gasteiger partial charge in [-0.2, -0.15) is 0 Å². The normalized spacial score (nSPS) is 13.4. The maximum absolute atomic E-state index is 11.2. The van der Waals surface area contributed by atoms with Crippen molar-refractivity contribution < 1.29 is 25.5 Å². The molecule has 0 aliphatic heterocycles. The molecule has 123 heavy (non-hydrogen) atoms. The Balaban J connectivity index is 0.000000329. The molecule has 0 heterocycles. The Morgan fingerprint density at radius 3 is 0.618 bits per heavy atom. The summed E-state index contributed by atoms with van der Waals surface area (Å²) < 4.78 is 0. The molecule has 0 spiro atoms. The Bertz CT molecular complexity index is 4500. The van der Waals surface area contributed by atoms with E-state index in [9.17, 15) is 25.5 Å². The van der Waals surface area contributed by atoms with Crippen molar-refractivity contribution in [3.63, 3.8) is 0 Å². The van der Waals surface area contributed by atoms with Crippen molar-refractivity contribution in [3.8, 4) is 28.7 Å². The van der Waals surface area contributed by atoms with E-state index in [1.54, 1.807) is 5.19 Å². The fraction of sp³-hybridized carbons (Fsp3) is 0.575. The van der Waals surface area contributed by atoms with Crippen molar-refractivity contribution in [2.75, 3.05) is 0 Å². The van der Waals surface area contributed by atoms with Gasteiger partial charge in [0.05, 0.1) is 32.3 Å². The molecule has 0 fully saturated rings. The standard InChI is InChI=1S/C30H48OSi.C28H52OSi.C24H36OSi.C18H24OSi.C13H22OSi/c1-27(2,3)24-20-22(21-25(26(24)31)28(4,5)6)18-19-32(29(7,8)9,30(10,11)12)23-16-14-13-15-17-23;1-24(2,3)21-18-20(19-22(23(21)29)25(4,5)6)16-17-30(26(7,8)9,27(10,11)12)28(13,14)15;1-23(2,3)20-16-18(17-21(22(20)25)24(4,5)6)14-15-26(7,8)19-12-10-9-11-13-19;1-14-12-16(13-15(2)18(14)19)10-11-20(3,4)17-8-6-5-7-9-17;1-10-8-12(6-7-15(3,4)5)9-11(2)13(10)14/h13-17,20-21,31H,18-19H2,1-12H3;18-19,29H,16-17H2,1-15H3;9-13,16-17,25H,14-15H2,1-8H3;5-9,12-13,19H,10-11H2,1-4H3;8-9,14H,6-7H2,1-5H3. The van der Waals surface area contributed by atoms with Crippen molar-refractivity contribution in [3.05, 3.63) is 235 Å². The van der Waals surface area contributed by atoms with Gasteiger partial charge in [0.1, 0.15) is 28.7 Å². The number of phenols is 5. The van der Waals surface area contributed by atoms with Crippen molar-refractivity contribution in [1.29, 1.82) is 0 Å². The average molecular weight is 1760 g/mol. The lowest BCUT2D eigenvalue weighted by Crippen LogP contribution is -2.61. The molecule has 0 atom stereocenters. The zero-order valence-electron chi connectivity index (χ0n) is 87.2. The molecule has 0 unspecified atom stereocenters. The number of aryl methyl sites for hydroxylation is 9. The highest BCUT2D eigenvalue weighted by atomic mass is 28.3. The average Bonchev–Trinajstić information content (AvgIpc) is 0.728. The SMILES string of the molecule is CC(C)(C)c1cc(CC[Si](C(C)(C)C)(C(C)(C)C)C(C)(C)C)cc(C(C)(C)C)c1O.CC(C)(C)c1cc(CC[Si](C)(C)c2ccccc2)cc(C(C)(C)C)c1O.CC(C)(C)c1cc(CC[Si](c2ccccc2)(C(C)(C)C)C(C)(C)C)cc(C(C)(C)C)c1O.Cc1cc(CC[Si](C)(C)C)cc(C)c1O.Cc1cc(CC[Si](C)(C)c2ccccc2)cc(C)c1O. The van der Waals surface area contributed by atoms with E-state index in [4.69, 9.17) is 0 Å². The zero-order valence-corrected chi connectivity index (χ0v) is 92.2. The Hall–Kier alpha value is -6.16. The molecule has 0 saturated heterocycles. The minimum absolute atomic E-state index is 0.0630. The van der Waals surface area contributed by atoms with Crippen molar-refractivity contribution >= 4 is 55.9 Å². The van der Waals surface area contributed by atoms with Gasteiger partial charge in [0.15, 0.2) is 0 Å². The van der Waals surface area contributed by atoms with E-state index in [-0.39, 0.29) is 42.6 Å². The van der Waals surface area contributed by atoms with E-state index in [1.165, 1.54) is 68.4 Å². The van der Waals surface area contributed by atoms with E-state index in [2.05, 4.69) is 426 Å². The van der Waals surface area contributed by atoms with Gasteiger partial charge in [-0.05, 0) is 219 Å². The molecule has 8 rings (SSSR count). The molecule has 0 bridgehead atoms. The third-order valence-electron chi connectivity index (χ3n) is 27.1. The minimum atomic E-state index is -1.96. The largest absolute Gasteiger partial charge is 0.507 e. The number of hydrogen-bond acceptors (Lipinski definition) is 5. The molecule has 8 aromatic carbocycles. The molecule has 0 aliphatic rings. The minimum Gasteiger partial charge on any atom is -0.507 e. The predicted octanol–water partition coefficient (Wildman–Crippen LogP) is 32.1. The van der Waals surface area contributed by atoms with Crippen LogP contribution in [0.15, 0.2) is 152 Å². The topological polar surface area (TPSA) is 101 Å². The first-order valence-corrected chi connectivity index (χ1v) is 61.2. The van der Waals surface area contributed by atoms with Gasteiger partial charge in [0.2, 0.25) is 0 Å². The number of hydrogen-bond donors (Lipinski definition) is 5. The first kappa shape index (κ1) is 109. The van der Waals surface area contributed by atoms with Crippen molar-refractivity contribution in [1.82, 2.24) is 0 Å². The molecule has 0 aromatic heterocycles. The van der Waals surface area contributed by atoms with E-state index < -0.39 is 40.4 Å². The summed E-state index contributed by atoms with van der Waals surface area (Å²) in [5, 5.41) is 58.6. The molecular formula is C113H182O5Si5. The highest BCUT2D eigenvalue weighted by Gasteiger charge is 2.59. The molecule has 0 radical (unpaired) electrons. The van der Waals surface area contributed by atoms with Gasteiger partial charge >= 0.3 is 0 Å². The van der Waals surface area contributed by atoms with E-state index >= 15 is 0 Å². The van der Waals surface area contributed by atoms with Crippen LogP contribution in [0.5, 0.6) is 28.7 Å². The van der Waals surface area contributed by atoms with Crippen LogP contribution in [0, 0.1) is 27.7 Å². The molecular weight excluding hydrogens is 1580 g/mol. The molecule has 0 amide bonds. The van der Waals surface area contributed by atoms with Gasteiger partial charge in [-0.3, -0.25) is 0 Å². The van der Waals surface area contributed by atoms with Gasteiger partial charge < -0.3 is 25.5 Å². The third-order valence-corrected chi connectivity index (χ3v) is 51.7. The summed E-state index contributed by atoms with van der Waals surface area (Å²) in [7, 11) is -7.53. The summed E-state index contributed by atoms with van der Waals surface area (Å²) in [5.41, 5.74) is 16.8. The van der Waals surface area contributed by atoms with Crippen molar-refractivity contribution in [2.45, 2.75) is 422 Å². The Morgan fingerprint density at radius 1 is 0.220 bits per heavy atom. The molecule has 5 N–H and O–H groups in total. The molecule has 5 nitrogen and oxygen atoms in total. The second-order valence-electron chi connectivity index (χ2n) is 50.8. The second-order valence-corrected chi connectivity index (χ2v) is 78.8. The molecule has 0 aliphatic carbocycles. The van der Waals surface area contributed by atoms with E-state index in [0.717, 1.165) is 87.7 Å². The fourth-order valence-electron chi connectivity index (χ4n) is 20.6. The summed E-state index contributed by atoms with van der Waals surface area (Å²) in [6.07, 6.45) is 5.45. The number of phenolic OH excluding ortho intramolecular Hbond substituents is 5. The molecule has 10 heteroatoms. The Kier molecular flexibility index (Phi) is 36.1. The van der Waals surface area contributed by atoms with Crippen LogP contribution in [-0.4, -0.2) is 65.9 Å². The zero-order chi connectivity index (χ0) is 95.0. The Labute approximate surface area is 761 Å². The maximum atomic E-state index is 11.2. The van der Waals surface area contributed by atoms with Gasteiger partial charge in [0.25, 0.3) is 0 Å². The summed E-state index contributed by atoms with van der Waals surface area (Å²) in [4.78, 5) is 0. The number of aromatic hydroxyl groups is 5. The summed E-state index contributed by atoms with van der Waals surface area (Å²) in [6, 6.07) is 61.5. The van der Waals surface area contributed by atoms with Crippen molar-refractivity contribution in [2.24, 2.45) is 0 Å². The highest BCUT2D eigenvalue weighted by molar-refractivity contribution is 6.96. The van der Waals surface area contributed by atoms with Crippen LogP contribution in [0.4, 0.5) is 0 Å². The maximum Gasteiger partial charge on any atom is 0.123 e. The third kappa shape index (κ3) is 29.2. The highest BCUT2D eigenvalue weighted by Crippen LogP contribution is 2.64. The van der Waals surface area contributed by atoms with Crippen LogP contribution >= 0.6 is 0 Å². The first-order chi connectivity index (χ1) is 55.3. The van der Waals surface area contributed by atoms with E-state index in [1.807, 2.05) is 27.7 Å². The molecule has 8 aromatic rings. The lowest BCUT2D eigenvalue weighted by Gasteiger charge is -2.60. The van der Waals surface area contributed by atoms with Crippen LogP contribution in [-0.2, 0) is 64.6 Å². The lowest BCUT2D eigenvalue weighted by atomic mass is 9.78. The summed E-state index contributed by atoms with van der Waals surface area (Å²) in [6.45, 7) is 101. The predicted molar refractivity (Wildman–Crippen MR) is 561 cm³/mol. The number of benzene rings is 8. The lowest BCUT2D eigenvalue weighted by molar-refractivity contribution is 0.422. The summed E-state index contributed by atoms with van der Waals surface area (Å²) in [5.74, 6) is 2.34. The van der Waals surface area contributed by atoms with Crippen LogP contribution in [0.2, 0.25) is 101 Å². The smallest absolute Gasteiger partial charge is 0.123 e. The molecule has 684 valence electrons.